The molecule has 0 radical (unpaired) electrons. The third-order valence-electron chi connectivity index (χ3n) is 6.75. The van der Waals surface area contributed by atoms with Gasteiger partial charge in [0.1, 0.15) is 9.23 Å². The van der Waals surface area contributed by atoms with E-state index in [1.807, 2.05) is 6.92 Å². The first-order chi connectivity index (χ1) is 16.0. The van der Waals surface area contributed by atoms with Gasteiger partial charge in [0.25, 0.3) is 15.9 Å². The third-order valence-corrected chi connectivity index (χ3v) is 9.88. The van der Waals surface area contributed by atoms with Gasteiger partial charge in [0.15, 0.2) is 6.10 Å². The molecule has 1 heterocycles. The smallest absolute Gasteiger partial charge is 0.338 e. The van der Waals surface area contributed by atoms with Crippen LogP contribution < -0.4 is 10.0 Å². The number of fused-ring (bicyclic) bond motifs is 2. The highest BCUT2D eigenvalue weighted by molar-refractivity contribution is 7.93. The van der Waals surface area contributed by atoms with Crippen molar-refractivity contribution >= 4 is 62.1 Å². The zero-order valence-corrected chi connectivity index (χ0v) is 21.9. The van der Waals surface area contributed by atoms with Gasteiger partial charge >= 0.3 is 5.97 Å². The van der Waals surface area contributed by atoms with Crippen molar-refractivity contribution in [3.8, 4) is 0 Å². The van der Waals surface area contributed by atoms with E-state index in [1.165, 1.54) is 49.6 Å². The Morgan fingerprint density at radius 1 is 1.12 bits per heavy atom. The molecular weight excluding hydrogens is 519 g/mol. The molecule has 2 saturated carbocycles. The number of sulfonamides is 1. The van der Waals surface area contributed by atoms with E-state index in [0.29, 0.717) is 11.8 Å². The quantitative estimate of drug-likeness (QED) is 0.436. The van der Waals surface area contributed by atoms with Gasteiger partial charge in [-0.15, -0.1) is 11.3 Å². The first-order valence-corrected chi connectivity index (χ1v) is 14.2. The molecular formula is C23H26Cl2N2O5S2. The number of anilines is 1. The van der Waals surface area contributed by atoms with Gasteiger partial charge in [-0.3, -0.25) is 9.52 Å². The monoisotopic (exact) mass is 544 g/mol. The number of carbonyl (C=O) groups excluding carboxylic acids is 2. The Morgan fingerprint density at radius 3 is 2.38 bits per heavy atom. The number of hydrogen-bond donors (Lipinski definition) is 2. The van der Waals surface area contributed by atoms with E-state index in [4.69, 9.17) is 27.9 Å². The van der Waals surface area contributed by atoms with Crippen LogP contribution in [0.2, 0.25) is 8.67 Å². The molecule has 1 aromatic heterocycles. The molecule has 2 fully saturated rings. The molecule has 11 heteroatoms. The maximum absolute atomic E-state index is 12.6. The van der Waals surface area contributed by atoms with E-state index >= 15 is 0 Å². The summed E-state index contributed by atoms with van der Waals surface area (Å²) in [5.41, 5.74) is 0.431. The third kappa shape index (κ3) is 5.53. The Morgan fingerprint density at radius 2 is 1.82 bits per heavy atom. The van der Waals surface area contributed by atoms with Gasteiger partial charge in [-0.25, -0.2) is 13.2 Å². The molecule has 2 aliphatic rings. The van der Waals surface area contributed by atoms with Crippen molar-refractivity contribution in [2.24, 2.45) is 17.8 Å². The predicted molar refractivity (Wildman–Crippen MR) is 133 cm³/mol. The molecule has 0 unspecified atom stereocenters. The van der Waals surface area contributed by atoms with Gasteiger partial charge in [0.05, 0.1) is 9.90 Å². The van der Waals surface area contributed by atoms with Crippen molar-refractivity contribution in [2.45, 2.75) is 56.6 Å². The lowest BCUT2D eigenvalue weighted by molar-refractivity contribution is -0.130. The molecule has 2 aromatic rings. The fraction of sp³-hybridized carbons (Fsp3) is 0.478. The molecule has 184 valence electrons. The molecule has 2 aliphatic carbocycles. The summed E-state index contributed by atoms with van der Waals surface area (Å²) >= 11 is 12.7. The Bertz CT molecular complexity index is 1180. The second-order valence-corrected chi connectivity index (χ2v) is 13.0. The van der Waals surface area contributed by atoms with E-state index in [9.17, 15) is 18.0 Å². The zero-order valence-electron chi connectivity index (χ0n) is 18.7. The lowest BCUT2D eigenvalue weighted by Crippen LogP contribution is -2.45. The largest absolute Gasteiger partial charge is 0.449 e. The van der Waals surface area contributed by atoms with Crippen LogP contribution >= 0.6 is 34.5 Å². The van der Waals surface area contributed by atoms with Crippen molar-refractivity contribution in [2.75, 3.05) is 4.72 Å². The molecule has 2 N–H and O–H groups in total. The second-order valence-electron chi connectivity index (χ2n) is 9.05. The highest BCUT2D eigenvalue weighted by Gasteiger charge is 2.42. The summed E-state index contributed by atoms with van der Waals surface area (Å²) in [7, 11) is -3.93. The van der Waals surface area contributed by atoms with Crippen LogP contribution in [0.3, 0.4) is 0 Å². The van der Waals surface area contributed by atoms with E-state index in [2.05, 4.69) is 10.0 Å². The minimum atomic E-state index is -3.93. The second kappa shape index (κ2) is 10.0. The average molecular weight is 546 g/mol. The molecule has 1 amide bonds. The number of esters is 1. The van der Waals surface area contributed by atoms with Crippen LogP contribution in [0.4, 0.5) is 5.69 Å². The van der Waals surface area contributed by atoms with E-state index in [0.717, 1.165) is 23.7 Å². The first kappa shape index (κ1) is 25.3. The Labute approximate surface area is 213 Å². The molecule has 4 rings (SSSR count). The summed E-state index contributed by atoms with van der Waals surface area (Å²) in [6.45, 7) is 3.56. The number of carbonyl (C=O) groups is 2. The Kier molecular flexibility index (Phi) is 7.47. The van der Waals surface area contributed by atoms with Gasteiger partial charge in [0, 0.05) is 11.7 Å². The standard InChI is InChI=1S/C23H26Cl2N2O5S2/c1-12(18-10-14-3-4-16(18)9-14)26-22(28)13(2)32-23(29)15-5-7-17(8-6-15)27-34(30,31)19-11-20(24)33-21(19)25/h5-8,11-14,16,18,27H,3-4,9-10H2,1-2H3,(H,26,28)/t12-,13+,14+,16+,18-/m0/s1. The molecule has 7 nitrogen and oxygen atoms in total. The molecule has 1 aromatic carbocycles. The lowest BCUT2D eigenvalue weighted by atomic mass is 9.84. The number of thiophene rings is 1. The normalized spacial score (nSPS) is 23.4. The summed E-state index contributed by atoms with van der Waals surface area (Å²) in [5.74, 6) is 0.970. The summed E-state index contributed by atoms with van der Waals surface area (Å²) in [4.78, 5) is 25.0. The number of amides is 1. The van der Waals surface area contributed by atoms with Gasteiger partial charge < -0.3 is 10.1 Å². The molecule has 2 bridgehead atoms. The van der Waals surface area contributed by atoms with Crippen LogP contribution in [0.25, 0.3) is 0 Å². The number of nitrogens with one attached hydrogen (secondary N) is 2. The van der Waals surface area contributed by atoms with E-state index in [1.54, 1.807) is 6.92 Å². The number of halogens is 2. The van der Waals surface area contributed by atoms with E-state index in [-0.39, 0.29) is 36.8 Å². The maximum Gasteiger partial charge on any atom is 0.338 e. The van der Waals surface area contributed by atoms with Crippen LogP contribution in [0.1, 0.15) is 49.9 Å². The molecule has 0 aliphatic heterocycles. The lowest BCUT2D eigenvalue weighted by Gasteiger charge is -2.29. The van der Waals surface area contributed by atoms with Gasteiger partial charge in [-0.2, -0.15) is 0 Å². The van der Waals surface area contributed by atoms with Crippen molar-refractivity contribution in [3.05, 3.63) is 44.6 Å². The molecule has 0 spiro atoms. The maximum atomic E-state index is 12.6. The van der Waals surface area contributed by atoms with Gasteiger partial charge in [0.2, 0.25) is 0 Å². The average Bonchev–Trinajstić information content (AvgIpc) is 3.49. The summed E-state index contributed by atoms with van der Waals surface area (Å²) in [6.07, 6.45) is 4.00. The van der Waals surface area contributed by atoms with Crippen LogP contribution in [-0.2, 0) is 19.6 Å². The van der Waals surface area contributed by atoms with Crippen molar-refractivity contribution in [1.29, 1.82) is 0 Å². The highest BCUT2D eigenvalue weighted by Crippen LogP contribution is 2.49. The fourth-order valence-corrected chi connectivity index (χ4v) is 8.24. The summed E-state index contributed by atoms with van der Waals surface area (Å²) < 4.78 is 33.1. The summed E-state index contributed by atoms with van der Waals surface area (Å²) in [5, 5.41) is 3.01. The number of rotatable bonds is 8. The SMILES string of the molecule is C[C@H](NC(=O)[C@@H](C)OC(=O)c1ccc(NS(=O)(=O)c2cc(Cl)sc2Cl)cc1)[C@@H]1C[C@@H]2CC[C@@H]1C2. The van der Waals surface area contributed by atoms with Crippen molar-refractivity contribution in [3.63, 3.8) is 0 Å². The van der Waals surface area contributed by atoms with Crippen LogP contribution in [-0.4, -0.2) is 32.4 Å². The van der Waals surface area contributed by atoms with Crippen LogP contribution in [0.15, 0.2) is 35.2 Å². The first-order valence-electron chi connectivity index (χ1n) is 11.1. The van der Waals surface area contributed by atoms with Crippen molar-refractivity contribution < 1.29 is 22.7 Å². The Balaban J connectivity index is 1.31. The van der Waals surface area contributed by atoms with Crippen LogP contribution in [0.5, 0.6) is 0 Å². The van der Waals surface area contributed by atoms with Crippen LogP contribution in [0, 0.1) is 17.8 Å². The van der Waals surface area contributed by atoms with Gasteiger partial charge in [-0.1, -0.05) is 29.6 Å². The Hall–Kier alpha value is -1.81. The topological polar surface area (TPSA) is 102 Å². The van der Waals surface area contributed by atoms with Gasteiger partial charge in [-0.05, 0) is 81.2 Å². The number of benzene rings is 1. The summed E-state index contributed by atoms with van der Waals surface area (Å²) in [6, 6.07) is 7.02. The minimum Gasteiger partial charge on any atom is -0.449 e. The molecule has 34 heavy (non-hydrogen) atoms. The zero-order chi connectivity index (χ0) is 24.6. The number of hydrogen-bond acceptors (Lipinski definition) is 6. The molecule has 5 atom stereocenters. The predicted octanol–water partition coefficient (Wildman–Crippen LogP) is 5.34. The number of ether oxygens (including phenoxy) is 1. The minimum absolute atomic E-state index is 0.0443. The van der Waals surface area contributed by atoms with Crippen molar-refractivity contribution in [1.82, 2.24) is 5.32 Å². The van der Waals surface area contributed by atoms with E-state index < -0.39 is 22.1 Å². The highest BCUT2D eigenvalue weighted by atomic mass is 35.5. The fourth-order valence-electron chi connectivity index (χ4n) is 5.03. The molecule has 0 saturated heterocycles.